The second kappa shape index (κ2) is 6.54. The third-order valence-electron chi connectivity index (χ3n) is 3.68. The molecule has 1 heterocycles. The number of aromatic amines is 1. The fraction of sp³-hybridized carbons (Fsp3) is 0.167. The lowest BCUT2D eigenvalue weighted by molar-refractivity contribution is -0.144. The highest BCUT2D eigenvalue weighted by atomic mass is 16.5. The Bertz CT molecular complexity index is 915. The Hall–Kier alpha value is -3.15. The van der Waals surface area contributed by atoms with E-state index in [9.17, 15) is 9.59 Å². The van der Waals surface area contributed by atoms with Crippen LogP contribution >= 0.6 is 0 Å². The molecule has 0 fully saturated rings. The van der Waals surface area contributed by atoms with E-state index >= 15 is 0 Å². The molecule has 0 saturated carbocycles. The second-order valence-corrected chi connectivity index (χ2v) is 5.48. The van der Waals surface area contributed by atoms with Gasteiger partial charge >= 0.3 is 5.97 Å². The van der Waals surface area contributed by atoms with Gasteiger partial charge in [0, 0.05) is 12.3 Å². The van der Waals surface area contributed by atoms with E-state index in [1.54, 1.807) is 0 Å². The lowest BCUT2D eigenvalue weighted by Crippen LogP contribution is -2.20. The maximum atomic E-state index is 11.7. The highest BCUT2D eigenvalue weighted by Gasteiger charge is 2.11. The number of benzene rings is 2. The molecular weight excluding hydrogens is 306 g/mol. The van der Waals surface area contributed by atoms with Crippen LogP contribution in [0, 0.1) is 6.92 Å². The fourth-order valence-corrected chi connectivity index (χ4v) is 2.51. The zero-order valence-electron chi connectivity index (χ0n) is 13.4. The number of nitrogens with one attached hydrogen (secondary N) is 2. The number of hydrogen-bond donors (Lipinski definition) is 2. The summed E-state index contributed by atoms with van der Waals surface area (Å²) in [6, 6.07) is 14.0. The Morgan fingerprint density at radius 1 is 1.21 bits per heavy atom. The summed E-state index contributed by atoms with van der Waals surface area (Å²) in [5, 5.41) is 10.5. The molecule has 0 spiro atoms. The minimum Gasteiger partial charge on any atom is -0.456 e. The van der Waals surface area contributed by atoms with E-state index < -0.39 is 11.9 Å². The molecule has 0 aliphatic carbocycles. The lowest BCUT2D eigenvalue weighted by atomic mass is 10.00. The lowest BCUT2D eigenvalue weighted by Gasteiger charge is -2.06. The first-order valence-corrected chi connectivity index (χ1v) is 7.52. The number of aryl methyl sites for hydroxylation is 1. The number of H-pyrrole nitrogens is 1. The summed E-state index contributed by atoms with van der Waals surface area (Å²) < 4.78 is 4.67. The topological polar surface area (TPSA) is 84.1 Å². The van der Waals surface area contributed by atoms with Crippen molar-refractivity contribution in [1.29, 1.82) is 0 Å². The Kier molecular flexibility index (Phi) is 4.29. The average Bonchev–Trinajstić information content (AvgIpc) is 2.95. The first kappa shape index (κ1) is 15.7. The van der Waals surface area contributed by atoms with Gasteiger partial charge in [-0.25, -0.2) is 0 Å². The molecule has 1 amide bonds. The van der Waals surface area contributed by atoms with Crippen LogP contribution in [0.1, 0.15) is 12.5 Å². The zero-order chi connectivity index (χ0) is 17.1. The monoisotopic (exact) mass is 323 g/mol. The molecule has 3 rings (SSSR count). The molecule has 3 aromatic rings. The van der Waals surface area contributed by atoms with Gasteiger partial charge in [0.15, 0.2) is 12.4 Å². The second-order valence-electron chi connectivity index (χ2n) is 5.48. The molecule has 6 heteroatoms. The van der Waals surface area contributed by atoms with Crippen LogP contribution in [0.2, 0.25) is 0 Å². The van der Waals surface area contributed by atoms with Crippen LogP contribution in [0.4, 0.5) is 5.82 Å². The predicted molar refractivity (Wildman–Crippen MR) is 91.5 cm³/mol. The van der Waals surface area contributed by atoms with Gasteiger partial charge in [-0.05, 0) is 35.7 Å². The van der Waals surface area contributed by atoms with Crippen molar-refractivity contribution in [1.82, 2.24) is 10.2 Å². The van der Waals surface area contributed by atoms with Crippen LogP contribution in [0.3, 0.4) is 0 Å². The molecule has 24 heavy (non-hydrogen) atoms. The van der Waals surface area contributed by atoms with Gasteiger partial charge < -0.3 is 10.1 Å². The van der Waals surface area contributed by atoms with Gasteiger partial charge in [-0.2, -0.15) is 5.10 Å². The predicted octanol–water partition coefficient (Wildman–Crippen LogP) is 3.04. The number of ether oxygens (including phenoxy) is 1. The van der Waals surface area contributed by atoms with Gasteiger partial charge in [-0.3, -0.25) is 14.7 Å². The molecule has 0 radical (unpaired) electrons. The summed E-state index contributed by atoms with van der Waals surface area (Å²) in [5.41, 5.74) is 4.22. The fourth-order valence-electron chi connectivity index (χ4n) is 2.51. The smallest absolute Gasteiger partial charge is 0.303 e. The first-order chi connectivity index (χ1) is 11.5. The SMILES string of the molecule is CC(=O)OCC(=O)Nc1n[nH]c2cc(-c3ccccc3C)ccc12. The van der Waals surface area contributed by atoms with E-state index in [4.69, 9.17) is 0 Å². The largest absolute Gasteiger partial charge is 0.456 e. The van der Waals surface area contributed by atoms with E-state index in [0.29, 0.717) is 5.82 Å². The number of aromatic nitrogens is 2. The number of carbonyl (C=O) groups is 2. The van der Waals surface area contributed by atoms with Crippen LogP contribution in [0.25, 0.3) is 22.0 Å². The Morgan fingerprint density at radius 2 is 2.00 bits per heavy atom. The molecule has 0 bridgehead atoms. The summed E-state index contributed by atoms with van der Waals surface area (Å²) in [4.78, 5) is 22.5. The first-order valence-electron chi connectivity index (χ1n) is 7.52. The van der Waals surface area contributed by atoms with E-state index in [1.165, 1.54) is 12.5 Å². The minimum atomic E-state index is -0.500. The van der Waals surface area contributed by atoms with Gasteiger partial charge in [0.05, 0.1) is 5.52 Å². The normalized spacial score (nSPS) is 10.6. The highest BCUT2D eigenvalue weighted by molar-refractivity contribution is 6.01. The number of hydrogen-bond acceptors (Lipinski definition) is 4. The maximum absolute atomic E-state index is 11.7. The van der Waals surface area contributed by atoms with Crippen molar-refractivity contribution in [2.24, 2.45) is 0 Å². The van der Waals surface area contributed by atoms with Crippen molar-refractivity contribution in [2.45, 2.75) is 13.8 Å². The van der Waals surface area contributed by atoms with Gasteiger partial charge in [0.25, 0.3) is 5.91 Å². The number of amides is 1. The van der Waals surface area contributed by atoms with Crippen molar-refractivity contribution in [3.63, 3.8) is 0 Å². The van der Waals surface area contributed by atoms with Crippen LogP contribution in [0.15, 0.2) is 42.5 Å². The van der Waals surface area contributed by atoms with Crippen molar-refractivity contribution in [3.8, 4) is 11.1 Å². The molecular formula is C18H17N3O3. The van der Waals surface area contributed by atoms with Crippen LogP contribution in [-0.2, 0) is 14.3 Å². The molecule has 1 aromatic heterocycles. The van der Waals surface area contributed by atoms with Crippen molar-refractivity contribution in [2.75, 3.05) is 11.9 Å². The number of esters is 1. The molecule has 0 aliphatic rings. The van der Waals surface area contributed by atoms with E-state index in [1.807, 2.05) is 30.3 Å². The third-order valence-corrected chi connectivity index (χ3v) is 3.68. The summed E-state index contributed by atoms with van der Waals surface area (Å²) in [7, 11) is 0. The number of anilines is 1. The molecule has 2 aromatic carbocycles. The molecule has 0 saturated heterocycles. The van der Waals surface area contributed by atoms with Crippen LogP contribution < -0.4 is 5.32 Å². The average molecular weight is 323 g/mol. The number of carbonyl (C=O) groups excluding carboxylic acids is 2. The molecule has 2 N–H and O–H groups in total. The van der Waals surface area contributed by atoms with E-state index in [-0.39, 0.29) is 6.61 Å². The quantitative estimate of drug-likeness (QED) is 0.723. The molecule has 122 valence electrons. The maximum Gasteiger partial charge on any atom is 0.303 e. The number of nitrogens with zero attached hydrogens (tertiary/aromatic N) is 1. The molecule has 0 aliphatic heterocycles. The van der Waals surface area contributed by atoms with Crippen molar-refractivity contribution >= 4 is 28.6 Å². The highest BCUT2D eigenvalue weighted by Crippen LogP contribution is 2.28. The van der Waals surface area contributed by atoms with Gasteiger partial charge in [0.2, 0.25) is 0 Å². The van der Waals surface area contributed by atoms with Gasteiger partial charge in [-0.15, -0.1) is 0 Å². The zero-order valence-corrected chi connectivity index (χ0v) is 13.4. The number of fused-ring (bicyclic) bond motifs is 1. The van der Waals surface area contributed by atoms with Crippen molar-refractivity contribution < 1.29 is 14.3 Å². The van der Waals surface area contributed by atoms with Crippen molar-refractivity contribution in [3.05, 3.63) is 48.0 Å². The summed E-state index contributed by atoms with van der Waals surface area (Å²) >= 11 is 0. The molecule has 0 atom stereocenters. The standard InChI is InChI=1S/C18H17N3O3/c1-11-5-3-4-6-14(11)13-7-8-15-16(9-13)20-21-18(15)19-17(23)10-24-12(2)22/h3-9H,10H2,1-2H3,(H2,19,20,21,23). The van der Waals surface area contributed by atoms with Crippen LogP contribution in [0.5, 0.6) is 0 Å². The molecule has 6 nitrogen and oxygen atoms in total. The summed E-state index contributed by atoms with van der Waals surface area (Å²) in [6.07, 6.45) is 0. The summed E-state index contributed by atoms with van der Waals surface area (Å²) in [5.74, 6) is -0.514. The Labute approximate surface area is 138 Å². The van der Waals surface area contributed by atoms with E-state index in [0.717, 1.165) is 22.0 Å². The van der Waals surface area contributed by atoms with Gasteiger partial charge in [-0.1, -0.05) is 30.3 Å². The Balaban J connectivity index is 1.85. The summed E-state index contributed by atoms with van der Waals surface area (Å²) in [6.45, 7) is 2.99. The van der Waals surface area contributed by atoms with E-state index in [2.05, 4.69) is 39.3 Å². The number of rotatable bonds is 4. The third kappa shape index (κ3) is 3.27. The van der Waals surface area contributed by atoms with Gasteiger partial charge in [0.1, 0.15) is 0 Å². The van der Waals surface area contributed by atoms with Crippen LogP contribution in [-0.4, -0.2) is 28.7 Å². The molecule has 0 unspecified atom stereocenters. The Morgan fingerprint density at radius 3 is 2.75 bits per heavy atom. The minimum absolute atomic E-state index is 0.328.